The van der Waals surface area contributed by atoms with E-state index in [0.29, 0.717) is 0 Å². The lowest BCUT2D eigenvalue weighted by molar-refractivity contribution is 0.139. The molecule has 7 nitrogen and oxygen atoms in total. The summed E-state index contributed by atoms with van der Waals surface area (Å²) >= 11 is 0. The summed E-state index contributed by atoms with van der Waals surface area (Å²) in [7, 11) is 0. The van der Waals surface area contributed by atoms with Crippen LogP contribution in [0.1, 0.15) is 28.3 Å². The van der Waals surface area contributed by atoms with Crippen molar-refractivity contribution < 1.29 is 9.53 Å². The average Bonchev–Trinajstić information content (AvgIpc) is 2.85. The van der Waals surface area contributed by atoms with E-state index in [-0.39, 0.29) is 12.6 Å². The Hall–Kier alpha value is -2.44. The smallest absolute Gasteiger partial charge is 0.404 e. The van der Waals surface area contributed by atoms with Crippen LogP contribution in [0, 0.1) is 20.8 Å². The van der Waals surface area contributed by atoms with Gasteiger partial charge in [-0.2, -0.15) is 4.80 Å². The number of aromatic nitrogens is 4. The van der Waals surface area contributed by atoms with Gasteiger partial charge in [0.1, 0.15) is 12.6 Å². The molecule has 1 amide bonds. The molecule has 0 spiro atoms. The lowest BCUT2D eigenvalue weighted by Crippen LogP contribution is -2.25. The SMILES string of the molecule is Cc1cc(C)c(C(COC(N)=O)n2ncnn2)c(C)c1. The Balaban J connectivity index is 2.43. The predicted octanol–water partition coefficient (Wildman–Crippen LogP) is 1.28. The topological polar surface area (TPSA) is 95.9 Å². The summed E-state index contributed by atoms with van der Waals surface area (Å²) in [5, 5.41) is 11.6. The van der Waals surface area contributed by atoms with Crippen LogP contribution in [0.3, 0.4) is 0 Å². The van der Waals surface area contributed by atoms with E-state index >= 15 is 0 Å². The molecule has 1 aromatic carbocycles. The van der Waals surface area contributed by atoms with Crippen molar-refractivity contribution in [1.29, 1.82) is 0 Å². The van der Waals surface area contributed by atoms with Crippen molar-refractivity contribution in [2.75, 3.05) is 6.61 Å². The van der Waals surface area contributed by atoms with Gasteiger partial charge in [-0.05, 0) is 42.7 Å². The molecule has 1 unspecified atom stereocenters. The number of hydrogen-bond donors (Lipinski definition) is 1. The van der Waals surface area contributed by atoms with E-state index in [1.165, 1.54) is 16.7 Å². The van der Waals surface area contributed by atoms with Crippen molar-refractivity contribution in [1.82, 2.24) is 20.2 Å². The number of nitrogens with two attached hydrogens (primary N) is 1. The van der Waals surface area contributed by atoms with Crippen LogP contribution in [-0.2, 0) is 4.74 Å². The highest BCUT2D eigenvalue weighted by Gasteiger charge is 2.22. The standard InChI is InChI=1S/C13H17N5O2/c1-8-4-9(2)12(10(3)5-8)11(6-20-13(14)19)18-16-7-15-17-18/h4-5,7,11H,6H2,1-3H3,(H2,14,19). The van der Waals surface area contributed by atoms with E-state index in [1.807, 2.05) is 20.8 Å². The Morgan fingerprint density at radius 1 is 1.35 bits per heavy atom. The van der Waals surface area contributed by atoms with Crippen LogP contribution in [0.5, 0.6) is 0 Å². The summed E-state index contributed by atoms with van der Waals surface area (Å²) < 4.78 is 4.93. The third-order valence-corrected chi connectivity index (χ3v) is 3.10. The highest BCUT2D eigenvalue weighted by molar-refractivity contribution is 5.64. The first-order valence-corrected chi connectivity index (χ1v) is 6.21. The first-order valence-electron chi connectivity index (χ1n) is 6.21. The number of tetrazole rings is 1. The molecular formula is C13H17N5O2. The van der Waals surface area contributed by atoms with Crippen molar-refractivity contribution in [3.8, 4) is 0 Å². The fraction of sp³-hybridized carbons (Fsp3) is 0.385. The Morgan fingerprint density at radius 3 is 2.50 bits per heavy atom. The number of amides is 1. The average molecular weight is 275 g/mol. The van der Waals surface area contributed by atoms with Crippen molar-refractivity contribution in [2.45, 2.75) is 26.8 Å². The van der Waals surface area contributed by atoms with Crippen molar-refractivity contribution in [3.05, 3.63) is 40.7 Å². The van der Waals surface area contributed by atoms with Gasteiger partial charge in [-0.15, -0.1) is 10.2 Å². The third kappa shape index (κ3) is 2.93. The number of carbonyl (C=O) groups excluding carboxylic acids is 1. The molecule has 0 radical (unpaired) electrons. The van der Waals surface area contributed by atoms with Crippen molar-refractivity contribution >= 4 is 6.09 Å². The minimum atomic E-state index is -0.822. The molecule has 0 aliphatic heterocycles. The number of ether oxygens (including phenoxy) is 1. The van der Waals surface area contributed by atoms with Crippen molar-refractivity contribution in [3.63, 3.8) is 0 Å². The number of aryl methyl sites for hydroxylation is 3. The fourth-order valence-corrected chi connectivity index (χ4v) is 2.46. The van der Waals surface area contributed by atoms with E-state index in [9.17, 15) is 4.79 Å². The highest BCUT2D eigenvalue weighted by atomic mass is 16.5. The van der Waals surface area contributed by atoms with Gasteiger partial charge in [-0.1, -0.05) is 17.7 Å². The number of hydrogen-bond acceptors (Lipinski definition) is 5. The quantitative estimate of drug-likeness (QED) is 0.906. The lowest BCUT2D eigenvalue weighted by Gasteiger charge is -2.20. The maximum atomic E-state index is 10.9. The van der Waals surface area contributed by atoms with Gasteiger partial charge in [0.25, 0.3) is 0 Å². The molecule has 2 aromatic rings. The molecule has 7 heteroatoms. The molecule has 106 valence electrons. The zero-order chi connectivity index (χ0) is 14.7. The van der Waals surface area contributed by atoms with Gasteiger partial charge < -0.3 is 10.5 Å². The van der Waals surface area contributed by atoms with Crippen LogP contribution < -0.4 is 5.73 Å². The van der Waals surface area contributed by atoms with E-state index in [0.717, 1.165) is 16.7 Å². The van der Waals surface area contributed by atoms with Crippen LogP contribution in [0.15, 0.2) is 18.5 Å². The van der Waals surface area contributed by atoms with Gasteiger partial charge in [0.15, 0.2) is 6.33 Å². The maximum absolute atomic E-state index is 10.9. The number of primary amides is 1. The van der Waals surface area contributed by atoms with Crippen LogP contribution >= 0.6 is 0 Å². The molecule has 1 heterocycles. The Morgan fingerprint density at radius 2 is 2.00 bits per heavy atom. The predicted molar refractivity (Wildman–Crippen MR) is 72.1 cm³/mol. The summed E-state index contributed by atoms with van der Waals surface area (Å²) in [5.74, 6) is 0. The van der Waals surface area contributed by atoms with Crippen LogP contribution in [0.2, 0.25) is 0 Å². The second-order valence-electron chi connectivity index (χ2n) is 4.71. The van der Waals surface area contributed by atoms with Gasteiger partial charge in [0.2, 0.25) is 0 Å². The molecule has 2 rings (SSSR count). The van der Waals surface area contributed by atoms with Crippen LogP contribution in [0.25, 0.3) is 0 Å². The summed E-state index contributed by atoms with van der Waals surface area (Å²) in [6.07, 6.45) is 0.522. The maximum Gasteiger partial charge on any atom is 0.404 e. The molecule has 20 heavy (non-hydrogen) atoms. The second kappa shape index (κ2) is 5.68. The Labute approximate surface area is 116 Å². The highest BCUT2D eigenvalue weighted by Crippen LogP contribution is 2.26. The molecule has 1 aromatic heterocycles. The first-order chi connectivity index (χ1) is 9.49. The van der Waals surface area contributed by atoms with Gasteiger partial charge in [-0.3, -0.25) is 0 Å². The molecule has 0 saturated heterocycles. The summed E-state index contributed by atoms with van der Waals surface area (Å²) in [6, 6.07) is 3.79. The fourth-order valence-electron chi connectivity index (χ4n) is 2.46. The monoisotopic (exact) mass is 275 g/mol. The molecule has 1 atom stereocenters. The largest absolute Gasteiger partial charge is 0.447 e. The van der Waals surface area contributed by atoms with Gasteiger partial charge in [-0.25, -0.2) is 4.79 Å². The van der Waals surface area contributed by atoms with E-state index < -0.39 is 6.09 Å². The molecular weight excluding hydrogens is 258 g/mol. The van der Waals surface area contributed by atoms with Crippen LogP contribution in [0.4, 0.5) is 4.79 Å². The summed E-state index contributed by atoms with van der Waals surface area (Å²) in [6.45, 7) is 6.11. The Bertz CT molecular complexity index is 586. The van der Waals surface area contributed by atoms with E-state index in [1.54, 1.807) is 0 Å². The zero-order valence-electron chi connectivity index (χ0n) is 11.7. The van der Waals surface area contributed by atoms with Crippen LogP contribution in [-0.4, -0.2) is 32.9 Å². The first kappa shape index (κ1) is 14.0. The van der Waals surface area contributed by atoms with Gasteiger partial charge in [0, 0.05) is 0 Å². The third-order valence-electron chi connectivity index (χ3n) is 3.10. The zero-order valence-corrected chi connectivity index (χ0v) is 11.7. The van der Waals surface area contributed by atoms with Gasteiger partial charge >= 0.3 is 6.09 Å². The summed E-state index contributed by atoms with van der Waals surface area (Å²) in [4.78, 5) is 12.3. The molecule has 2 N–H and O–H groups in total. The number of benzene rings is 1. The molecule has 0 aliphatic carbocycles. The minimum absolute atomic E-state index is 0.0659. The second-order valence-corrected chi connectivity index (χ2v) is 4.71. The molecule has 0 saturated carbocycles. The van der Waals surface area contributed by atoms with Crippen molar-refractivity contribution in [2.24, 2.45) is 5.73 Å². The number of carbonyl (C=O) groups is 1. The lowest BCUT2D eigenvalue weighted by atomic mass is 9.94. The normalized spacial score (nSPS) is 12.2. The molecule has 0 aliphatic rings. The number of nitrogens with zero attached hydrogens (tertiary/aromatic N) is 4. The molecule has 0 bridgehead atoms. The van der Waals surface area contributed by atoms with Gasteiger partial charge in [0.05, 0.1) is 0 Å². The number of rotatable bonds is 4. The van der Waals surface area contributed by atoms with E-state index in [2.05, 4.69) is 27.5 Å². The van der Waals surface area contributed by atoms with E-state index in [4.69, 9.17) is 10.5 Å². The minimum Gasteiger partial charge on any atom is -0.447 e. The summed E-state index contributed by atoms with van der Waals surface area (Å²) in [5.41, 5.74) is 9.39. The Kier molecular flexibility index (Phi) is 3.97. The molecule has 0 fully saturated rings.